The molecule has 39 heavy (non-hydrogen) atoms. The fourth-order valence-electron chi connectivity index (χ4n) is 5.05. The first-order valence-electron chi connectivity index (χ1n) is 13.0. The SMILES string of the molecule is CCc1ccc(N(C(=O)c2snc(C(N)=O)c2N)[C@H](C(=O)NC2CCCC2)c2ccc3ncccc3c2)cc1. The van der Waals surface area contributed by atoms with Crippen molar-refractivity contribution in [2.45, 2.75) is 51.1 Å². The molecule has 2 heterocycles. The van der Waals surface area contributed by atoms with E-state index in [0.717, 1.165) is 60.1 Å². The third-order valence-corrected chi connectivity index (χ3v) is 8.00. The number of nitrogens with zero attached hydrogens (tertiary/aromatic N) is 3. The highest BCUT2D eigenvalue weighted by Crippen LogP contribution is 2.34. The lowest BCUT2D eigenvalue weighted by molar-refractivity contribution is -0.123. The average molecular weight is 543 g/mol. The largest absolute Gasteiger partial charge is 0.395 e. The van der Waals surface area contributed by atoms with Crippen molar-refractivity contribution in [1.82, 2.24) is 14.7 Å². The molecule has 10 heteroatoms. The lowest BCUT2D eigenvalue weighted by Gasteiger charge is -2.32. The third kappa shape index (κ3) is 5.33. The topological polar surface area (TPSA) is 144 Å². The van der Waals surface area contributed by atoms with E-state index in [-0.39, 0.29) is 28.2 Å². The minimum atomic E-state index is -1.02. The molecule has 0 aliphatic heterocycles. The molecule has 2 aromatic heterocycles. The maximum atomic E-state index is 14.2. The van der Waals surface area contributed by atoms with Gasteiger partial charge in [-0.1, -0.05) is 44.0 Å². The van der Waals surface area contributed by atoms with Gasteiger partial charge in [0, 0.05) is 23.3 Å². The zero-order valence-corrected chi connectivity index (χ0v) is 22.4. The van der Waals surface area contributed by atoms with Crippen molar-refractivity contribution in [3.05, 3.63) is 82.5 Å². The lowest BCUT2D eigenvalue weighted by atomic mass is 9.99. The zero-order valence-electron chi connectivity index (χ0n) is 21.6. The number of carbonyl (C=O) groups is 3. The van der Waals surface area contributed by atoms with Gasteiger partial charge in [0.15, 0.2) is 5.69 Å². The molecule has 2 aromatic carbocycles. The fourth-order valence-corrected chi connectivity index (χ4v) is 5.79. The number of carbonyl (C=O) groups excluding carboxylic acids is 3. The van der Waals surface area contributed by atoms with Crippen LogP contribution in [-0.4, -0.2) is 33.1 Å². The summed E-state index contributed by atoms with van der Waals surface area (Å²) in [4.78, 5) is 46.0. The van der Waals surface area contributed by atoms with Gasteiger partial charge >= 0.3 is 0 Å². The van der Waals surface area contributed by atoms with Gasteiger partial charge < -0.3 is 16.8 Å². The normalized spacial score (nSPS) is 14.3. The number of hydrogen-bond acceptors (Lipinski definition) is 7. The van der Waals surface area contributed by atoms with E-state index >= 15 is 0 Å². The molecule has 1 atom stereocenters. The Morgan fingerprint density at radius 3 is 2.51 bits per heavy atom. The summed E-state index contributed by atoms with van der Waals surface area (Å²) in [7, 11) is 0. The third-order valence-electron chi connectivity index (χ3n) is 7.15. The summed E-state index contributed by atoms with van der Waals surface area (Å²) >= 11 is 0.794. The van der Waals surface area contributed by atoms with Crippen LogP contribution in [0.3, 0.4) is 0 Å². The fraction of sp³-hybridized carbons (Fsp3) is 0.276. The quantitative estimate of drug-likeness (QED) is 0.301. The minimum absolute atomic E-state index is 0.0384. The van der Waals surface area contributed by atoms with Crippen molar-refractivity contribution < 1.29 is 14.4 Å². The van der Waals surface area contributed by atoms with Crippen LogP contribution in [0.2, 0.25) is 0 Å². The number of amides is 3. The van der Waals surface area contributed by atoms with Crippen molar-refractivity contribution in [1.29, 1.82) is 0 Å². The van der Waals surface area contributed by atoms with Gasteiger partial charge in [-0.05, 0) is 72.3 Å². The summed E-state index contributed by atoms with van der Waals surface area (Å²) in [5.41, 5.74) is 14.4. The highest BCUT2D eigenvalue weighted by atomic mass is 32.1. The van der Waals surface area contributed by atoms with Gasteiger partial charge in [0.2, 0.25) is 5.91 Å². The van der Waals surface area contributed by atoms with Crippen molar-refractivity contribution in [2.75, 3.05) is 10.6 Å². The molecule has 0 bridgehead atoms. The van der Waals surface area contributed by atoms with Crippen LogP contribution in [-0.2, 0) is 11.2 Å². The molecule has 1 saturated carbocycles. The number of anilines is 2. The number of rotatable bonds is 8. The number of nitrogens with one attached hydrogen (secondary N) is 1. The zero-order chi connectivity index (χ0) is 27.5. The van der Waals surface area contributed by atoms with Gasteiger partial charge in [0.05, 0.1) is 11.2 Å². The molecule has 5 rings (SSSR count). The second-order valence-electron chi connectivity index (χ2n) is 9.68. The predicted octanol–water partition coefficient (Wildman–Crippen LogP) is 4.38. The number of nitrogens with two attached hydrogens (primary N) is 2. The summed E-state index contributed by atoms with van der Waals surface area (Å²) in [6.07, 6.45) is 6.41. The second-order valence-corrected chi connectivity index (χ2v) is 10.5. The maximum Gasteiger partial charge on any atom is 0.273 e. The van der Waals surface area contributed by atoms with E-state index < -0.39 is 17.9 Å². The van der Waals surface area contributed by atoms with Crippen LogP contribution < -0.4 is 21.7 Å². The number of fused-ring (bicyclic) bond motifs is 1. The number of pyridine rings is 1. The number of aryl methyl sites for hydroxylation is 1. The summed E-state index contributed by atoms with van der Waals surface area (Å²) in [5.74, 6) is -1.66. The Hall–Kier alpha value is -4.31. The van der Waals surface area contributed by atoms with Gasteiger partial charge in [-0.15, -0.1) is 0 Å². The van der Waals surface area contributed by atoms with Crippen LogP contribution in [0.15, 0.2) is 60.8 Å². The highest BCUT2D eigenvalue weighted by Gasteiger charge is 2.37. The van der Waals surface area contributed by atoms with E-state index in [0.29, 0.717) is 11.3 Å². The van der Waals surface area contributed by atoms with Gasteiger partial charge in [-0.3, -0.25) is 24.3 Å². The Balaban J connectivity index is 1.67. The molecule has 1 aliphatic rings. The molecule has 200 valence electrons. The van der Waals surface area contributed by atoms with E-state index in [9.17, 15) is 14.4 Å². The summed E-state index contributed by atoms with van der Waals surface area (Å²) < 4.78 is 4.03. The molecular formula is C29H30N6O3S. The van der Waals surface area contributed by atoms with E-state index in [1.165, 1.54) is 4.90 Å². The van der Waals surface area contributed by atoms with Crippen LogP contribution in [0.25, 0.3) is 10.9 Å². The molecule has 9 nitrogen and oxygen atoms in total. The van der Waals surface area contributed by atoms with Crippen molar-refractivity contribution in [3.63, 3.8) is 0 Å². The summed E-state index contributed by atoms with van der Waals surface area (Å²) in [5, 5.41) is 4.02. The summed E-state index contributed by atoms with van der Waals surface area (Å²) in [6.45, 7) is 2.04. The Labute approximate surface area is 230 Å². The van der Waals surface area contributed by atoms with Crippen LogP contribution in [0.4, 0.5) is 11.4 Å². The monoisotopic (exact) mass is 542 g/mol. The van der Waals surface area contributed by atoms with E-state index in [1.54, 1.807) is 6.20 Å². The number of benzene rings is 2. The van der Waals surface area contributed by atoms with E-state index in [4.69, 9.17) is 11.5 Å². The smallest absolute Gasteiger partial charge is 0.273 e. The first-order valence-corrected chi connectivity index (χ1v) is 13.8. The molecule has 0 saturated heterocycles. The number of hydrogen-bond donors (Lipinski definition) is 3. The van der Waals surface area contributed by atoms with Gasteiger partial charge in [-0.25, -0.2) is 0 Å². The molecule has 0 spiro atoms. The van der Waals surface area contributed by atoms with E-state index in [1.807, 2.05) is 61.5 Å². The minimum Gasteiger partial charge on any atom is -0.395 e. The Morgan fingerprint density at radius 2 is 1.85 bits per heavy atom. The molecule has 0 radical (unpaired) electrons. The molecule has 4 aromatic rings. The molecule has 3 amide bonds. The molecular weight excluding hydrogens is 512 g/mol. The Morgan fingerprint density at radius 1 is 1.10 bits per heavy atom. The molecule has 1 fully saturated rings. The standard InChI is InChI=1S/C29H30N6O3S/c1-2-17-9-12-21(13-10-17)35(29(38)26-23(30)24(27(31)36)34-39-26)25(28(37)33-20-7-3-4-8-20)19-11-14-22-18(16-19)6-5-15-32-22/h5-6,9-16,20,25H,2-4,7-8,30H2,1H3,(H2,31,36)(H,33,37)/t25-/m0/s1. The van der Waals surface area contributed by atoms with Crippen molar-refractivity contribution >= 4 is 51.5 Å². The lowest BCUT2D eigenvalue weighted by Crippen LogP contribution is -2.46. The first kappa shape index (κ1) is 26.3. The number of aromatic nitrogens is 2. The van der Waals surface area contributed by atoms with Crippen molar-refractivity contribution in [3.8, 4) is 0 Å². The first-order chi connectivity index (χ1) is 18.9. The molecule has 1 aliphatic carbocycles. The van der Waals surface area contributed by atoms with Gasteiger partial charge in [0.25, 0.3) is 11.8 Å². The van der Waals surface area contributed by atoms with Crippen molar-refractivity contribution in [2.24, 2.45) is 5.73 Å². The second kappa shape index (κ2) is 11.2. The molecule has 0 unspecified atom stereocenters. The Kier molecular flexibility index (Phi) is 7.56. The van der Waals surface area contributed by atoms with Crippen LogP contribution in [0.5, 0.6) is 0 Å². The predicted molar refractivity (Wildman–Crippen MR) is 153 cm³/mol. The Bertz CT molecular complexity index is 1530. The van der Waals surface area contributed by atoms with Gasteiger partial charge in [-0.2, -0.15) is 4.37 Å². The highest BCUT2D eigenvalue weighted by molar-refractivity contribution is 7.09. The number of nitrogen functional groups attached to an aromatic ring is 1. The number of primary amides is 1. The van der Waals surface area contributed by atoms with Gasteiger partial charge in [0.1, 0.15) is 10.9 Å². The van der Waals surface area contributed by atoms with Crippen LogP contribution >= 0.6 is 11.5 Å². The maximum absolute atomic E-state index is 14.2. The summed E-state index contributed by atoms with van der Waals surface area (Å²) in [6, 6.07) is 15.8. The van der Waals surface area contributed by atoms with Crippen LogP contribution in [0, 0.1) is 0 Å². The van der Waals surface area contributed by atoms with E-state index in [2.05, 4.69) is 14.7 Å². The van der Waals surface area contributed by atoms with Crippen LogP contribution in [0.1, 0.15) is 69.9 Å². The average Bonchev–Trinajstić information content (AvgIpc) is 3.60. The molecule has 5 N–H and O–H groups in total.